The molecule has 1 fully saturated rings. The molecular weight excluding hydrogens is 256 g/mol. The highest BCUT2D eigenvalue weighted by Crippen LogP contribution is 2.20. The lowest BCUT2D eigenvalue weighted by atomic mass is 9.97. The predicted octanol–water partition coefficient (Wildman–Crippen LogP) is 2.60. The summed E-state index contributed by atoms with van der Waals surface area (Å²) in [6, 6.07) is 7.86. The number of carbonyl (C=O) groups is 1. The van der Waals surface area contributed by atoms with Gasteiger partial charge in [0.05, 0.1) is 6.61 Å². The second-order valence-electron chi connectivity index (χ2n) is 3.80. The summed E-state index contributed by atoms with van der Waals surface area (Å²) >= 11 is 3.45. The van der Waals surface area contributed by atoms with Gasteiger partial charge in [-0.15, -0.1) is 0 Å². The first-order valence-corrected chi connectivity index (χ1v) is 5.90. The molecule has 3 heteroatoms. The minimum absolute atomic E-state index is 0.108. The molecule has 1 aromatic rings. The van der Waals surface area contributed by atoms with Crippen LogP contribution in [-0.4, -0.2) is 19.0 Å². The van der Waals surface area contributed by atoms with Crippen LogP contribution in [0.4, 0.5) is 0 Å². The van der Waals surface area contributed by atoms with Crippen LogP contribution in [0.3, 0.4) is 0 Å². The third kappa shape index (κ3) is 2.67. The van der Waals surface area contributed by atoms with Crippen molar-refractivity contribution in [3.63, 3.8) is 0 Å². The second-order valence-corrected chi connectivity index (χ2v) is 4.65. The van der Waals surface area contributed by atoms with Crippen molar-refractivity contribution < 1.29 is 9.53 Å². The highest BCUT2D eigenvalue weighted by molar-refractivity contribution is 9.10. The Balaban J connectivity index is 2.02. The molecule has 0 bridgehead atoms. The number of ketones is 1. The molecule has 0 radical (unpaired) electrons. The van der Waals surface area contributed by atoms with E-state index in [1.807, 2.05) is 24.3 Å². The van der Waals surface area contributed by atoms with Crippen molar-refractivity contribution in [1.29, 1.82) is 0 Å². The summed E-state index contributed by atoms with van der Waals surface area (Å²) in [5.41, 5.74) is 1.06. The molecule has 1 unspecified atom stereocenters. The first-order chi connectivity index (χ1) is 7.27. The van der Waals surface area contributed by atoms with Gasteiger partial charge in [-0.05, 0) is 18.1 Å². The fraction of sp³-hybridized carbons (Fsp3) is 0.417. The Hall–Kier alpha value is -0.670. The number of ether oxygens (including phenoxy) is 1. The molecule has 1 aliphatic heterocycles. The van der Waals surface area contributed by atoms with Gasteiger partial charge in [0.1, 0.15) is 5.78 Å². The number of carbonyl (C=O) groups excluding carboxylic acids is 1. The molecule has 1 saturated heterocycles. The van der Waals surface area contributed by atoms with E-state index in [-0.39, 0.29) is 5.92 Å². The van der Waals surface area contributed by atoms with Crippen LogP contribution in [-0.2, 0) is 16.0 Å². The Bertz CT molecular complexity index is 356. The van der Waals surface area contributed by atoms with Crippen LogP contribution in [0.25, 0.3) is 0 Å². The highest BCUT2D eigenvalue weighted by Gasteiger charge is 2.23. The van der Waals surface area contributed by atoms with Crippen LogP contribution in [0, 0.1) is 5.92 Å². The maximum Gasteiger partial charge on any atom is 0.142 e. The van der Waals surface area contributed by atoms with Crippen molar-refractivity contribution in [2.24, 2.45) is 5.92 Å². The lowest BCUT2D eigenvalue weighted by Gasteiger charge is -2.07. The summed E-state index contributed by atoms with van der Waals surface area (Å²) in [4.78, 5) is 11.9. The summed E-state index contributed by atoms with van der Waals surface area (Å²) in [5.74, 6) is 0.400. The van der Waals surface area contributed by atoms with Gasteiger partial charge in [-0.1, -0.05) is 34.1 Å². The van der Waals surface area contributed by atoms with E-state index in [4.69, 9.17) is 4.74 Å². The SMILES string of the molecule is O=C(Cc1ccccc1Br)C1CCOC1. The minimum atomic E-state index is 0.108. The fourth-order valence-corrected chi connectivity index (χ4v) is 2.19. The van der Waals surface area contributed by atoms with Crippen LogP contribution < -0.4 is 0 Å². The van der Waals surface area contributed by atoms with Gasteiger partial charge in [0.15, 0.2) is 0 Å². The minimum Gasteiger partial charge on any atom is -0.381 e. The highest BCUT2D eigenvalue weighted by atomic mass is 79.9. The summed E-state index contributed by atoms with van der Waals surface area (Å²) in [7, 11) is 0. The number of halogens is 1. The second kappa shape index (κ2) is 4.90. The zero-order valence-electron chi connectivity index (χ0n) is 8.41. The zero-order chi connectivity index (χ0) is 10.7. The first kappa shape index (κ1) is 10.8. The molecule has 1 heterocycles. The Morgan fingerprint density at radius 1 is 1.47 bits per heavy atom. The van der Waals surface area contributed by atoms with Gasteiger partial charge in [-0.2, -0.15) is 0 Å². The number of hydrogen-bond acceptors (Lipinski definition) is 2. The summed E-state index contributed by atoms with van der Waals surface area (Å²) in [6.07, 6.45) is 1.39. The van der Waals surface area contributed by atoms with Gasteiger partial charge < -0.3 is 4.74 Å². The maximum absolute atomic E-state index is 11.9. The van der Waals surface area contributed by atoms with Crippen LogP contribution in [0.5, 0.6) is 0 Å². The quantitative estimate of drug-likeness (QED) is 0.843. The summed E-state index contributed by atoms with van der Waals surface area (Å²) in [5, 5.41) is 0. The standard InChI is InChI=1S/C12H13BrO2/c13-11-4-2-1-3-9(11)7-12(14)10-5-6-15-8-10/h1-4,10H,5-8H2. The number of benzene rings is 1. The molecule has 0 spiro atoms. The monoisotopic (exact) mass is 268 g/mol. The van der Waals surface area contributed by atoms with Gasteiger partial charge in [0, 0.05) is 23.4 Å². The van der Waals surface area contributed by atoms with Crippen LogP contribution in [0.1, 0.15) is 12.0 Å². The van der Waals surface area contributed by atoms with Crippen molar-refractivity contribution in [3.8, 4) is 0 Å². The molecule has 80 valence electrons. The van der Waals surface area contributed by atoms with E-state index in [0.717, 1.165) is 23.1 Å². The molecular formula is C12H13BrO2. The normalized spacial score (nSPS) is 20.5. The third-order valence-electron chi connectivity index (χ3n) is 2.71. The Morgan fingerprint density at radius 3 is 2.93 bits per heavy atom. The van der Waals surface area contributed by atoms with Crippen molar-refractivity contribution in [2.45, 2.75) is 12.8 Å². The van der Waals surface area contributed by atoms with Gasteiger partial charge in [0.2, 0.25) is 0 Å². The van der Waals surface area contributed by atoms with Gasteiger partial charge >= 0.3 is 0 Å². The number of Topliss-reactive ketones (excluding diaryl/α,β-unsaturated/α-hetero) is 1. The van der Waals surface area contributed by atoms with Crippen molar-refractivity contribution >= 4 is 21.7 Å². The van der Waals surface area contributed by atoms with E-state index < -0.39 is 0 Å². The lowest BCUT2D eigenvalue weighted by molar-refractivity contribution is -0.122. The van der Waals surface area contributed by atoms with E-state index in [9.17, 15) is 4.79 Å². The largest absolute Gasteiger partial charge is 0.381 e. The van der Waals surface area contributed by atoms with E-state index in [1.54, 1.807) is 0 Å². The molecule has 0 aromatic heterocycles. The summed E-state index contributed by atoms with van der Waals surface area (Å²) < 4.78 is 6.22. The average molecular weight is 269 g/mol. The van der Waals surface area contributed by atoms with E-state index in [1.165, 1.54) is 0 Å². The third-order valence-corrected chi connectivity index (χ3v) is 3.48. The van der Waals surface area contributed by atoms with Gasteiger partial charge in [-0.25, -0.2) is 0 Å². The topological polar surface area (TPSA) is 26.3 Å². The van der Waals surface area contributed by atoms with E-state index >= 15 is 0 Å². The Morgan fingerprint density at radius 2 is 2.27 bits per heavy atom. The van der Waals surface area contributed by atoms with Crippen LogP contribution in [0.15, 0.2) is 28.7 Å². The van der Waals surface area contributed by atoms with E-state index in [2.05, 4.69) is 15.9 Å². The fourth-order valence-electron chi connectivity index (χ4n) is 1.76. The Kier molecular flexibility index (Phi) is 3.54. The van der Waals surface area contributed by atoms with Crippen molar-refractivity contribution in [2.75, 3.05) is 13.2 Å². The molecule has 15 heavy (non-hydrogen) atoms. The lowest BCUT2D eigenvalue weighted by Crippen LogP contribution is -2.16. The van der Waals surface area contributed by atoms with Crippen LogP contribution in [0.2, 0.25) is 0 Å². The Labute approximate surface area is 97.8 Å². The summed E-state index contributed by atoms with van der Waals surface area (Å²) in [6.45, 7) is 1.33. The van der Waals surface area contributed by atoms with Crippen molar-refractivity contribution in [3.05, 3.63) is 34.3 Å². The van der Waals surface area contributed by atoms with Crippen LogP contribution >= 0.6 is 15.9 Å². The molecule has 1 aromatic carbocycles. The number of hydrogen-bond donors (Lipinski definition) is 0. The zero-order valence-corrected chi connectivity index (χ0v) is 10.00. The molecule has 1 atom stereocenters. The molecule has 0 N–H and O–H groups in total. The van der Waals surface area contributed by atoms with E-state index in [0.29, 0.717) is 18.8 Å². The number of rotatable bonds is 3. The predicted molar refractivity (Wildman–Crippen MR) is 61.8 cm³/mol. The van der Waals surface area contributed by atoms with Gasteiger partial charge in [-0.3, -0.25) is 4.79 Å². The smallest absolute Gasteiger partial charge is 0.142 e. The van der Waals surface area contributed by atoms with Crippen molar-refractivity contribution in [1.82, 2.24) is 0 Å². The molecule has 2 nitrogen and oxygen atoms in total. The molecule has 2 rings (SSSR count). The molecule has 0 amide bonds. The average Bonchev–Trinajstić information content (AvgIpc) is 2.74. The molecule has 1 aliphatic rings. The van der Waals surface area contributed by atoms with Gasteiger partial charge in [0.25, 0.3) is 0 Å². The first-order valence-electron chi connectivity index (χ1n) is 5.11. The maximum atomic E-state index is 11.9. The molecule has 0 saturated carbocycles. The molecule has 0 aliphatic carbocycles.